The summed E-state index contributed by atoms with van der Waals surface area (Å²) in [4.78, 5) is 16.8. The average molecular weight is 560 g/mol. The molecule has 0 bridgehead atoms. The van der Waals surface area contributed by atoms with Crippen molar-refractivity contribution in [2.75, 3.05) is 45.9 Å². The molecule has 40 heavy (non-hydrogen) atoms. The van der Waals surface area contributed by atoms with Gasteiger partial charge in [-0.2, -0.15) is 18.3 Å². The second kappa shape index (κ2) is 13.3. The first kappa shape index (κ1) is 29.6. The molecule has 216 valence electrons. The monoisotopic (exact) mass is 559 g/mol. The molecule has 1 aliphatic rings. The van der Waals surface area contributed by atoms with E-state index in [1.165, 1.54) is 12.1 Å². The zero-order valence-electron chi connectivity index (χ0n) is 22.8. The molecule has 0 unspecified atom stereocenters. The SMILES string of the molecule is CC(C)c1cc(CNC(=O)CN2CCN(C[C@@H](O)COc3ccc(C(F)(F)F)cc3)CC2)nn1-c1ccccc1. The fraction of sp³-hybridized carbons (Fsp3) is 0.448. The van der Waals surface area contributed by atoms with Crippen LogP contribution in [0.15, 0.2) is 60.7 Å². The highest BCUT2D eigenvalue weighted by molar-refractivity contribution is 5.78. The van der Waals surface area contributed by atoms with Crippen LogP contribution in [-0.4, -0.2) is 82.6 Å². The number of carbonyl (C=O) groups is 1. The fourth-order valence-electron chi connectivity index (χ4n) is 4.58. The average Bonchev–Trinajstić information content (AvgIpc) is 3.37. The number of amides is 1. The first-order valence-electron chi connectivity index (χ1n) is 13.4. The number of aliphatic hydroxyl groups is 1. The topological polar surface area (TPSA) is 82.9 Å². The van der Waals surface area contributed by atoms with E-state index in [0.29, 0.717) is 39.3 Å². The van der Waals surface area contributed by atoms with Crippen LogP contribution in [0.3, 0.4) is 0 Å². The normalized spacial score (nSPS) is 15.8. The van der Waals surface area contributed by atoms with Gasteiger partial charge in [0, 0.05) is 38.4 Å². The first-order chi connectivity index (χ1) is 19.1. The van der Waals surface area contributed by atoms with E-state index in [0.717, 1.165) is 29.2 Å². The Balaban J connectivity index is 1.16. The molecule has 2 N–H and O–H groups in total. The van der Waals surface area contributed by atoms with Gasteiger partial charge in [-0.1, -0.05) is 32.0 Å². The van der Waals surface area contributed by atoms with E-state index < -0.39 is 17.8 Å². The highest BCUT2D eigenvalue weighted by atomic mass is 19.4. The Bertz CT molecular complexity index is 1220. The number of nitrogens with zero attached hydrogens (tertiary/aromatic N) is 4. The number of para-hydroxylation sites is 1. The number of alkyl halides is 3. The lowest BCUT2D eigenvalue weighted by Gasteiger charge is -2.35. The Morgan fingerprint density at radius 2 is 1.68 bits per heavy atom. The molecule has 8 nitrogen and oxygen atoms in total. The summed E-state index contributed by atoms with van der Waals surface area (Å²) < 4.78 is 45.4. The molecule has 1 aliphatic heterocycles. The van der Waals surface area contributed by atoms with Crippen molar-refractivity contribution in [2.45, 2.75) is 38.6 Å². The van der Waals surface area contributed by atoms with Gasteiger partial charge in [0.2, 0.25) is 5.91 Å². The van der Waals surface area contributed by atoms with Crippen LogP contribution in [0, 0.1) is 0 Å². The molecule has 1 atom stereocenters. The molecule has 1 saturated heterocycles. The summed E-state index contributed by atoms with van der Waals surface area (Å²) in [7, 11) is 0. The lowest BCUT2D eigenvalue weighted by atomic mass is 10.1. The third-order valence-electron chi connectivity index (χ3n) is 6.77. The van der Waals surface area contributed by atoms with Crippen molar-refractivity contribution >= 4 is 5.91 Å². The molecular weight excluding hydrogens is 523 g/mol. The van der Waals surface area contributed by atoms with Gasteiger partial charge in [0.05, 0.1) is 30.0 Å². The Hall–Kier alpha value is -3.41. The molecule has 0 aliphatic carbocycles. The van der Waals surface area contributed by atoms with E-state index in [1.807, 2.05) is 41.1 Å². The summed E-state index contributed by atoms with van der Waals surface area (Å²) in [6.07, 6.45) is -5.19. The first-order valence-corrected chi connectivity index (χ1v) is 13.4. The molecular formula is C29H36F3N5O3. The van der Waals surface area contributed by atoms with Gasteiger partial charge in [0.15, 0.2) is 0 Å². The maximum Gasteiger partial charge on any atom is 0.416 e. The standard InChI is InChI=1S/C29H36F3N5O3/c1-21(2)27-16-23(34-37(27)24-6-4-3-5-7-24)17-33-28(39)19-36-14-12-35(13-15-36)18-25(38)20-40-26-10-8-22(9-11-26)29(30,31)32/h3-11,16,21,25,38H,12-15,17-20H2,1-2H3,(H,33,39)/t25-/m1/s1. The van der Waals surface area contributed by atoms with Crippen LogP contribution in [0.5, 0.6) is 5.75 Å². The predicted molar refractivity (Wildman–Crippen MR) is 145 cm³/mol. The summed E-state index contributed by atoms with van der Waals surface area (Å²) >= 11 is 0. The summed E-state index contributed by atoms with van der Waals surface area (Å²) in [5.41, 5.74) is 2.13. The van der Waals surface area contributed by atoms with Crippen LogP contribution in [0.4, 0.5) is 13.2 Å². The minimum Gasteiger partial charge on any atom is -0.491 e. The number of piperazine rings is 1. The summed E-state index contributed by atoms with van der Waals surface area (Å²) in [5, 5.41) is 18.0. The van der Waals surface area contributed by atoms with Crippen molar-refractivity contribution in [3.8, 4) is 11.4 Å². The van der Waals surface area contributed by atoms with Crippen molar-refractivity contribution in [2.24, 2.45) is 0 Å². The van der Waals surface area contributed by atoms with Gasteiger partial charge in [0.25, 0.3) is 0 Å². The molecule has 4 rings (SSSR count). The zero-order valence-corrected chi connectivity index (χ0v) is 22.8. The van der Waals surface area contributed by atoms with Crippen molar-refractivity contribution < 1.29 is 27.8 Å². The molecule has 0 radical (unpaired) electrons. The minimum absolute atomic E-state index is 0.0213. The number of benzene rings is 2. The molecule has 1 aromatic heterocycles. The van der Waals surface area contributed by atoms with E-state index in [2.05, 4.69) is 29.0 Å². The molecule has 2 heterocycles. The third kappa shape index (κ3) is 8.30. The maximum atomic E-state index is 12.7. The van der Waals surface area contributed by atoms with E-state index in [-0.39, 0.29) is 30.7 Å². The number of β-amino-alcohol motifs (C(OH)–C–C–N with tert-alkyl or cyclic N) is 1. The van der Waals surface area contributed by atoms with E-state index >= 15 is 0 Å². The van der Waals surface area contributed by atoms with Gasteiger partial charge in [-0.3, -0.25) is 14.6 Å². The third-order valence-corrected chi connectivity index (χ3v) is 6.77. The van der Waals surface area contributed by atoms with Gasteiger partial charge < -0.3 is 15.2 Å². The van der Waals surface area contributed by atoms with Crippen LogP contribution in [0.1, 0.15) is 36.7 Å². The van der Waals surface area contributed by atoms with Crippen LogP contribution in [-0.2, 0) is 17.5 Å². The molecule has 11 heteroatoms. The quantitative estimate of drug-likeness (QED) is 0.373. The van der Waals surface area contributed by atoms with Gasteiger partial charge >= 0.3 is 6.18 Å². The Morgan fingerprint density at radius 3 is 2.30 bits per heavy atom. The van der Waals surface area contributed by atoms with Crippen LogP contribution >= 0.6 is 0 Å². The maximum absolute atomic E-state index is 12.7. The lowest BCUT2D eigenvalue weighted by molar-refractivity contribution is -0.137. The molecule has 1 fully saturated rings. The summed E-state index contributed by atoms with van der Waals surface area (Å²) in [6.45, 7) is 7.95. The van der Waals surface area contributed by atoms with Crippen LogP contribution in [0.25, 0.3) is 5.69 Å². The number of carbonyl (C=O) groups excluding carboxylic acids is 1. The summed E-state index contributed by atoms with van der Waals surface area (Å²) in [6, 6.07) is 16.4. The number of nitrogens with one attached hydrogen (secondary N) is 1. The number of aromatic nitrogens is 2. The Kier molecular flexibility index (Phi) is 9.83. The minimum atomic E-state index is -4.40. The second-order valence-electron chi connectivity index (χ2n) is 10.3. The van der Waals surface area contributed by atoms with Crippen molar-refractivity contribution in [1.82, 2.24) is 24.9 Å². The van der Waals surface area contributed by atoms with Crippen molar-refractivity contribution in [3.63, 3.8) is 0 Å². The molecule has 2 aromatic carbocycles. The zero-order chi connectivity index (χ0) is 28.7. The predicted octanol–water partition coefficient (Wildman–Crippen LogP) is 3.69. The lowest BCUT2D eigenvalue weighted by Crippen LogP contribution is -2.51. The number of aliphatic hydroxyl groups excluding tert-OH is 1. The Labute approximate surface area is 232 Å². The summed E-state index contributed by atoms with van der Waals surface area (Å²) in [5.74, 6) is 0.484. The van der Waals surface area contributed by atoms with Gasteiger partial charge in [0.1, 0.15) is 18.5 Å². The van der Waals surface area contributed by atoms with Gasteiger partial charge in [-0.15, -0.1) is 0 Å². The number of halogens is 3. The van der Waals surface area contributed by atoms with Crippen molar-refractivity contribution in [1.29, 1.82) is 0 Å². The molecule has 0 spiro atoms. The van der Waals surface area contributed by atoms with Crippen molar-refractivity contribution in [3.05, 3.63) is 77.6 Å². The molecule has 0 saturated carbocycles. The second-order valence-corrected chi connectivity index (χ2v) is 10.3. The highest BCUT2D eigenvalue weighted by Gasteiger charge is 2.30. The van der Waals surface area contributed by atoms with E-state index in [9.17, 15) is 23.1 Å². The number of hydrogen-bond donors (Lipinski definition) is 2. The van der Waals surface area contributed by atoms with E-state index in [1.54, 1.807) is 0 Å². The smallest absolute Gasteiger partial charge is 0.416 e. The molecule has 3 aromatic rings. The largest absolute Gasteiger partial charge is 0.491 e. The van der Waals surface area contributed by atoms with Gasteiger partial charge in [-0.25, -0.2) is 4.68 Å². The highest BCUT2D eigenvalue weighted by Crippen LogP contribution is 2.30. The van der Waals surface area contributed by atoms with Crippen LogP contribution in [0.2, 0.25) is 0 Å². The number of ether oxygens (including phenoxy) is 1. The fourth-order valence-corrected chi connectivity index (χ4v) is 4.58. The number of rotatable bonds is 11. The van der Waals surface area contributed by atoms with Gasteiger partial charge in [-0.05, 0) is 48.4 Å². The Morgan fingerprint density at radius 1 is 1.02 bits per heavy atom. The van der Waals surface area contributed by atoms with E-state index in [4.69, 9.17) is 9.84 Å². The number of hydrogen-bond acceptors (Lipinski definition) is 6. The van der Waals surface area contributed by atoms with Crippen LogP contribution < -0.4 is 10.1 Å². The molecule has 1 amide bonds.